The van der Waals surface area contributed by atoms with Gasteiger partial charge in [0.15, 0.2) is 0 Å². The van der Waals surface area contributed by atoms with E-state index in [-0.39, 0.29) is 5.60 Å². The second kappa shape index (κ2) is 4.55. The van der Waals surface area contributed by atoms with E-state index in [1.54, 1.807) is 0 Å². The monoisotopic (exact) mass is 226 g/mol. The molecular weight excluding hydrogens is 208 g/mol. The van der Waals surface area contributed by atoms with Crippen LogP contribution in [0.25, 0.3) is 0 Å². The summed E-state index contributed by atoms with van der Waals surface area (Å²) in [7, 11) is 0. The molecule has 1 aliphatic carbocycles. The fraction of sp³-hybridized carbons (Fsp3) is 0.500. The lowest BCUT2D eigenvalue weighted by Crippen LogP contribution is -2.23. The topological polar surface area (TPSA) is 9.23 Å². The predicted molar refractivity (Wildman–Crippen MR) is 68.6 cm³/mol. The van der Waals surface area contributed by atoms with Gasteiger partial charge in [0.2, 0.25) is 0 Å². The number of hydrogen-bond donors (Lipinski definition) is 0. The minimum Gasteiger partial charge on any atom is -0.375 e. The maximum absolute atomic E-state index is 5.92. The first-order valence-corrected chi connectivity index (χ1v) is 6.57. The van der Waals surface area contributed by atoms with E-state index in [1.807, 2.05) is 18.2 Å². The number of ether oxygens (including phenoxy) is 1. The molecule has 0 amide bonds. The largest absolute Gasteiger partial charge is 0.375 e. The van der Waals surface area contributed by atoms with E-state index in [4.69, 9.17) is 4.74 Å². The predicted octanol–water partition coefficient (Wildman–Crippen LogP) is 3.39. The number of rotatable bonds is 0. The first kappa shape index (κ1) is 10.9. The second-order valence-electron chi connectivity index (χ2n) is 5.21. The van der Waals surface area contributed by atoms with Crippen molar-refractivity contribution in [2.75, 3.05) is 6.61 Å². The molecule has 2 atom stereocenters. The van der Waals surface area contributed by atoms with Gasteiger partial charge in [-0.1, -0.05) is 30.0 Å². The van der Waals surface area contributed by atoms with Crippen molar-refractivity contribution in [3.63, 3.8) is 0 Å². The van der Waals surface area contributed by atoms with Crippen LogP contribution in [-0.4, -0.2) is 12.2 Å². The molecular formula is C16H18O. The van der Waals surface area contributed by atoms with Gasteiger partial charge in [0.05, 0.1) is 5.60 Å². The van der Waals surface area contributed by atoms with Crippen molar-refractivity contribution >= 4 is 0 Å². The molecule has 17 heavy (non-hydrogen) atoms. The molecule has 3 rings (SSSR count). The van der Waals surface area contributed by atoms with Crippen molar-refractivity contribution in [1.29, 1.82) is 0 Å². The van der Waals surface area contributed by atoms with Crippen molar-refractivity contribution in [2.24, 2.45) is 5.92 Å². The van der Waals surface area contributed by atoms with Crippen LogP contribution in [0.3, 0.4) is 0 Å². The highest BCUT2D eigenvalue weighted by Gasteiger charge is 2.41. The zero-order valence-electron chi connectivity index (χ0n) is 10.1. The molecule has 2 aliphatic rings. The summed E-state index contributed by atoms with van der Waals surface area (Å²) in [6.07, 6.45) is 6.04. The maximum atomic E-state index is 5.92. The van der Waals surface area contributed by atoms with Crippen LogP contribution in [0.15, 0.2) is 30.3 Å². The average molecular weight is 226 g/mol. The molecule has 1 saturated carbocycles. The SMILES string of the molecule is C(#C[C@H]1CC[C@@]2(CCCO2)C1)c1ccccc1. The van der Waals surface area contributed by atoms with Crippen molar-refractivity contribution in [1.82, 2.24) is 0 Å². The molecule has 88 valence electrons. The Hall–Kier alpha value is -1.26. The van der Waals surface area contributed by atoms with E-state index in [2.05, 4.69) is 24.0 Å². The second-order valence-corrected chi connectivity index (χ2v) is 5.21. The highest BCUT2D eigenvalue weighted by molar-refractivity contribution is 5.34. The molecule has 1 saturated heterocycles. The van der Waals surface area contributed by atoms with Crippen LogP contribution in [0, 0.1) is 17.8 Å². The maximum Gasteiger partial charge on any atom is 0.0695 e. The summed E-state index contributed by atoms with van der Waals surface area (Å²) in [6, 6.07) is 10.3. The summed E-state index contributed by atoms with van der Waals surface area (Å²) in [5.74, 6) is 7.24. The van der Waals surface area contributed by atoms with Gasteiger partial charge in [-0.25, -0.2) is 0 Å². The highest BCUT2D eigenvalue weighted by atomic mass is 16.5. The Morgan fingerprint density at radius 1 is 1.18 bits per heavy atom. The van der Waals surface area contributed by atoms with E-state index in [0.29, 0.717) is 5.92 Å². The van der Waals surface area contributed by atoms with Crippen LogP contribution in [0.2, 0.25) is 0 Å². The average Bonchev–Trinajstić information content (AvgIpc) is 2.99. The summed E-state index contributed by atoms with van der Waals surface area (Å²) in [6.45, 7) is 0.957. The normalized spacial score (nSPS) is 31.4. The van der Waals surface area contributed by atoms with E-state index >= 15 is 0 Å². The van der Waals surface area contributed by atoms with Crippen LogP contribution in [-0.2, 0) is 4.74 Å². The van der Waals surface area contributed by atoms with Crippen molar-refractivity contribution < 1.29 is 4.74 Å². The Labute approximate surface area is 103 Å². The Kier molecular flexibility index (Phi) is 2.91. The van der Waals surface area contributed by atoms with Gasteiger partial charge in [0, 0.05) is 18.1 Å². The number of benzene rings is 1. The molecule has 0 N–H and O–H groups in total. The number of hydrogen-bond acceptors (Lipinski definition) is 1. The van der Waals surface area contributed by atoms with Crippen molar-refractivity contribution in [3.05, 3.63) is 35.9 Å². The molecule has 0 bridgehead atoms. The van der Waals surface area contributed by atoms with E-state index in [1.165, 1.54) is 25.7 Å². The Balaban J connectivity index is 1.66. The summed E-state index contributed by atoms with van der Waals surface area (Å²) in [4.78, 5) is 0. The Bertz CT molecular complexity index is 432. The third-order valence-electron chi connectivity index (χ3n) is 3.95. The third-order valence-corrected chi connectivity index (χ3v) is 3.95. The lowest BCUT2D eigenvalue weighted by Gasteiger charge is -2.21. The smallest absolute Gasteiger partial charge is 0.0695 e. The van der Waals surface area contributed by atoms with Crippen LogP contribution >= 0.6 is 0 Å². The summed E-state index contributed by atoms with van der Waals surface area (Å²) in [5, 5.41) is 0. The van der Waals surface area contributed by atoms with Gasteiger partial charge in [-0.3, -0.25) is 0 Å². The van der Waals surface area contributed by atoms with Crippen molar-refractivity contribution in [2.45, 2.75) is 37.7 Å². The Morgan fingerprint density at radius 3 is 2.82 bits per heavy atom. The van der Waals surface area contributed by atoms with Gasteiger partial charge >= 0.3 is 0 Å². The van der Waals surface area contributed by atoms with Gasteiger partial charge < -0.3 is 4.74 Å². The van der Waals surface area contributed by atoms with Gasteiger partial charge in [0.1, 0.15) is 0 Å². The quantitative estimate of drug-likeness (QED) is 0.616. The molecule has 0 aromatic heterocycles. The molecule has 0 unspecified atom stereocenters. The molecule has 1 spiro atoms. The molecule has 1 aliphatic heterocycles. The van der Waals surface area contributed by atoms with E-state index in [0.717, 1.165) is 18.6 Å². The van der Waals surface area contributed by atoms with E-state index in [9.17, 15) is 0 Å². The molecule has 0 radical (unpaired) electrons. The van der Waals surface area contributed by atoms with Gasteiger partial charge in [-0.2, -0.15) is 0 Å². The van der Waals surface area contributed by atoms with E-state index < -0.39 is 0 Å². The molecule has 1 heterocycles. The fourth-order valence-corrected chi connectivity index (χ4v) is 3.03. The van der Waals surface area contributed by atoms with Crippen molar-refractivity contribution in [3.8, 4) is 11.8 Å². The highest BCUT2D eigenvalue weighted by Crippen LogP contribution is 2.43. The van der Waals surface area contributed by atoms with Crippen LogP contribution in [0.1, 0.15) is 37.7 Å². The zero-order valence-corrected chi connectivity index (χ0v) is 10.1. The molecule has 1 nitrogen and oxygen atoms in total. The van der Waals surface area contributed by atoms with Crippen LogP contribution < -0.4 is 0 Å². The van der Waals surface area contributed by atoms with Crippen LogP contribution in [0.4, 0.5) is 0 Å². The lowest BCUT2D eigenvalue weighted by atomic mass is 9.97. The lowest BCUT2D eigenvalue weighted by molar-refractivity contribution is 0.00876. The summed E-state index contributed by atoms with van der Waals surface area (Å²) in [5.41, 5.74) is 1.33. The zero-order chi connectivity index (χ0) is 11.6. The molecule has 2 fully saturated rings. The third kappa shape index (κ3) is 2.37. The summed E-state index contributed by atoms with van der Waals surface area (Å²) < 4.78 is 5.92. The molecule has 1 aromatic rings. The van der Waals surface area contributed by atoms with Gasteiger partial charge in [0.25, 0.3) is 0 Å². The summed E-state index contributed by atoms with van der Waals surface area (Å²) >= 11 is 0. The Morgan fingerprint density at radius 2 is 2.06 bits per heavy atom. The minimum atomic E-state index is 0.204. The minimum absolute atomic E-state index is 0.204. The van der Waals surface area contributed by atoms with Crippen LogP contribution in [0.5, 0.6) is 0 Å². The molecule has 1 aromatic carbocycles. The van der Waals surface area contributed by atoms with Gasteiger partial charge in [-0.15, -0.1) is 0 Å². The molecule has 1 heteroatoms. The fourth-order valence-electron chi connectivity index (χ4n) is 3.03. The standard InChI is InChI=1S/C16H18O/c1-2-5-14(6-3-1)7-8-15-9-11-16(13-15)10-4-12-17-16/h1-3,5-6,15H,4,9-13H2/t15-,16-/m0/s1. The first-order chi connectivity index (χ1) is 8.36. The first-order valence-electron chi connectivity index (χ1n) is 6.57. The van der Waals surface area contributed by atoms with Gasteiger partial charge in [-0.05, 0) is 44.2 Å².